The number of hydrogen-bond donors (Lipinski definition) is 3. The number of rotatable bonds is 7. The standard InChI is InChI=1S/C22H28N4O2.ClH/c1-26(16-17-7-3-2-4-8-17)22(28)24-14-12-21(27)25-15-20-19-10-6-5-9-18(19)11-13-23-20;/h2-10,20,23H,11-16H2,1H3,(H,24,28)(H,25,27);1H. The van der Waals surface area contributed by atoms with Crippen LogP contribution in [0, 0.1) is 0 Å². The maximum atomic E-state index is 12.1. The minimum absolute atomic E-state index is 0. The molecule has 1 aliphatic heterocycles. The maximum Gasteiger partial charge on any atom is 0.317 e. The largest absolute Gasteiger partial charge is 0.354 e. The van der Waals surface area contributed by atoms with Gasteiger partial charge in [-0.25, -0.2) is 4.79 Å². The molecule has 0 aromatic heterocycles. The number of nitrogens with one attached hydrogen (secondary N) is 3. The average molecular weight is 417 g/mol. The summed E-state index contributed by atoms with van der Waals surface area (Å²) in [7, 11) is 1.74. The number of urea groups is 1. The molecule has 2 aromatic carbocycles. The molecular weight excluding hydrogens is 388 g/mol. The lowest BCUT2D eigenvalue weighted by molar-refractivity contribution is -0.121. The van der Waals surface area contributed by atoms with E-state index in [9.17, 15) is 9.59 Å². The van der Waals surface area contributed by atoms with Gasteiger partial charge in [0.25, 0.3) is 0 Å². The molecule has 29 heavy (non-hydrogen) atoms. The molecule has 1 aliphatic rings. The van der Waals surface area contributed by atoms with Crippen LogP contribution in [0.3, 0.4) is 0 Å². The summed E-state index contributed by atoms with van der Waals surface area (Å²) in [5.41, 5.74) is 3.66. The molecular formula is C22H29ClN4O2. The number of nitrogens with zero attached hydrogens (tertiary/aromatic N) is 1. The summed E-state index contributed by atoms with van der Waals surface area (Å²) >= 11 is 0. The zero-order valence-corrected chi connectivity index (χ0v) is 17.5. The van der Waals surface area contributed by atoms with Gasteiger partial charge in [-0.1, -0.05) is 54.6 Å². The summed E-state index contributed by atoms with van der Waals surface area (Å²) < 4.78 is 0. The lowest BCUT2D eigenvalue weighted by atomic mass is 9.94. The Morgan fingerprint density at radius 3 is 2.59 bits per heavy atom. The van der Waals surface area contributed by atoms with Crippen molar-refractivity contribution in [1.29, 1.82) is 0 Å². The van der Waals surface area contributed by atoms with Gasteiger partial charge in [-0.15, -0.1) is 12.4 Å². The molecule has 2 aromatic rings. The second-order valence-electron chi connectivity index (χ2n) is 7.08. The highest BCUT2D eigenvalue weighted by atomic mass is 35.5. The van der Waals surface area contributed by atoms with Gasteiger partial charge >= 0.3 is 6.03 Å². The Bertz CT molecular complexity index is 800. The molecule has 1 heterocycles. The Kier molecular flexibility index (Phi) is 8.96. The van der Waals surface area contributed by atoms with E-state index in [-0.39, 0.29) is 36.8 Å². The third kappa shape index (κ3) is 6.76. The molecule has 0 saturated heterocycles. The van der Waals surface area contributed by atoms with Crippen molar-refractivity contribution in [3.05, 3.63) is 71.3 Å². The van der Waals surface area contributed by atoms with Crippen LogP contribution >= 0.6 is 12.4 Å². The summed E-state index contributed by atoms with van der Waals surface area (Å²) in [6.45, 7) is 2.32. The summed E-state index contributed by atoms with van der Waals surface area (Å²) in [5.74, 6) is -0.0594. The van der Waals surface area contributed by atoms with Crippen LogP contribution in [0.25, 0.3) is 0 Å². The van der Waals surface area contributed by atoms with E-state index in [0.717, 1.165) is 18.5 Å². The lowest BCUT2D eigenvalue weighted by Gasteiger charge is -2.27. The van der Waals surface area contributed by atoms with Crippen molar-refractivity contribution in [3.8, 4) is 0 Å². The molecule has 3 amide bonds. The van der Waals surface area contributed by atoms with Gasteiger partial charge in [0.2, 0.25) is 5.91 Å². The molecule has 1 unspecified atom stereocenters. The molecule has 0 aliphatic carbocycles. The second-order valence-corrected chi connectivity index (χ2v) is 7.08. The first kappa shape index (κ1) is 22.7. The Hall–Kier alpha value is -2.57. The Labute approximate surface area is 178 Å². The Morgan fingerprint density at radius 1 is 1.07 bits per heavy atom. The fraction of sp³-hybridized carbons (Fsp3) is 0.364. The molecule has 7 heteroatoms. The highest BCUT2D eigenvalue weighted by Crippen LogP contribution is 2.21. The number of halogens is 1. The van der Waals surface area contributed by atoms with Gasteiger partial charge < -0.3 is 20.9 Å². The topological polar surface area (TPSA) is 73.5 Å². The first-order valence-corrected chi connectivity index (χ1v) is 9.74. The maximum absolute atomic E-state index is 12.1. The second kappa shape index (κ2) is 11.4. The van der Waals surface area contributed by atoms with Crippen molar-refractivity contribution in [2.24, 2.45) is 0 Å². The average Bonchev–Trinajstić information content (AvgIpc) is 2.72. The van der Waals surface area contributed by atoms with Crippen LogP contribution in [0.15, 0.2) is 54.6 Å². The van der Waals surface area contributed by atoms with Gasteiger partial charge in [0.1, 0.15) is 0 Å². The van der Waals surface area contributed by atoms with Gasteiger partial charge in [0, 0.05) is 39.1 Å². The van der Waals surface area contributed by atoms with Crippen molar-refractivity contribution in [3.63, 3.8) is 0 Å². The molecule has 6 nitrogen and oxygen atoms in total. The fourth-order valence-electron chi connectivity index (χ4n) is 3.43. The monoisotopic (exact) mass is 416 g/mol. The molecule has 3 rings (SSSR count). The molecule has 0 bridgehead atoms. The van der Waals surface area contributed by atoms with Crippen LogP contribution in [0.1, 0.15) is 29.2 Å². The molecule has 1 atom stereocenters. The minimum Gasteiger partial charge on any atom is -0.354 e. The zero-order chi connectivity index (χ0) is 19.8. The van der Waals surface area contributed by atoms with Gasteiger partial charge in [0.05, 0.1) is 0 Å². The first-order valence-electron chi connectivity index (χ1n) is 9.74. The number of benzene rings is 2. The van der Waals surface area contributed by atoms with Crippen LogP contribution in [0.2, 0.25) is 0 Å². The lowest BCUT2D eigenvalue weighted by Crippen LogP contribution is -2.41. The predicted octanol–water partition coefficient (Wildman–Crippen LogP) is 2.64. The number of carbonyl (C=O) groups is 2. The van der Waals surface area contributed by atoms with E-state index in [0.29, 0.717) is 19.6 Å². The molecule has 0 saturated carbocycles. The van der Waals surface area contributed by atoms with E-state index < -0.39 is 0 Å². The summed E-state index contributed by atoms with van der Waals surface area (Å²) in [6.07, 6.45) is 1.28. The van der Waals surface area contributed by atoms with Crippen LogP contribution < -0.4 is 16.0 Å². The van der Waals surface area contributed by atoms with E-state index in [1.807, 2.05) is 36.4 Å². The number of carbonyl (C=O) groups excluding carboxylic acids is 2. The van der Waals surface area contributed by atoms with Gasteiger partial charge in [0.15, 0.2) is 0 Å². The van der Waals surface area contributed by atoms with Crippen molar-refractivity contribution >= 4 is 24.3 Å². The molecule has 3 N–H and O–H groups in total. The normalized spacial score (nSPS) is 14.9. The molecule has 0 radical (unpaired) electrons. The molecule has 156 valence electrons. The van der Waals surface area contributed by atoms with E-state index in [4.69, 9.17) is 0 Å². The van der Waals surface area contributed by atoms with Crippen LogP contribution in [-0.2, 0) is 17.8 Å². The third-order valence-electron chi connectivity index (χ3n) is 4.96. The van der Waals surface area contributed by atoms with Gasteiger partial charge in [-0.2, -0.15) is 0 Å². The summed E-state index contributed by atoms with van der Waals surface area (Å²) in [6, 6.07) is 18.1. The van der Waals surface area contributed by atoms with Gasteiger partial charge in [-0.05, 0) is 29.7 Å². The Balaban J connectivity index is 0.00000300. The van der Waals surface area contributed by atoms with E-state index in [1.165, 1.54) is 11.1 Å². The van der Waals surface area contributed by atoms with E-state index in [1.54, 1.807) is 11.9 Å². The number of amides is 3. The minimum atomic E-state index is -0.181. The van der Waals surface area contributed by atoms with Crippen molar-refractivity contribution in [2.45, 2.75) is 25.4 Å². The third-order valence-corrected chi connectivity index (χ3v) is 4.96. The van der Waals surface area contributed by atoms with E-state index >= 15 is 0 Å². The Morgan fingerprint density at radius 2 is 1.79 bits per heavy atom. The van der Waals surface area contributed by atoms with Crippen LogP contribution in [0.4, 0.5) is 4.79 Å². The summed E-state index contributed by atoms with van der Waals surface area (Å²) in [5, 5.41) is 9.22. The quantitative estimate of drug-likeness (QED) is 0.649. The highest BCUT2D eigenvalue weighted by molar-refractivity contribution is 5.85. The molecule has 0 fully saturated rings. The predicted molar refractivity (Wildman–Crippen MR) is 117 cm³/mol. The summed E-state index contributed by atoms with van der Waals surface area (Å²) in [4.78, 5) is 25.9. The number of fused-ring (bicyclic) bond motifs is 1. The highest BCUT2D eigenvalue weighted by Gasteiger charge is 2.19. The number of hydrogen-bond acceptors (Lipinski definition) is 3. The fourth-order valence-corrected chi connectivity index (χ4v) is 3.43. The first-order chi connectivity index (χ1) is 13.6. The van der Waals surface area contributed by atoms with Crippen molar-refractivity contribution in [1.82, 2.24) is 20.9 Å². The SMILES string of the molecule is CN(Cc1ccccc1)C(=O)NCCC(=O)NCC1NCCc2ccccc21.Cl. The molecule has 0 spiro atoms. The van der Waals surface area contributed by atoms with Crippen LogP contribution in [-0.4, -0.2) is 43.5 Å². The van der Waals surface area contributed by atoms with Crippen molar-refractivity contribution < 1.29 is 9.59 Å². The van der Waals surface area contributed by atoms with Crippen LogP contribution in [0.5, 0.6) is 0 Å². The smallest absolute Gasteiger partial charge is 0.317 e. The van der Waals surface area contributed by atoms with E-state index in [2.05, 4.69) is 34.1 Å². The van der Waals surface area contributed by atoms with Crippen molar-refractivity contribution in [2.75, 3.05) is 26.7 Å². The zero-order valence-electron chi connectivity index (χ0n) is 16.7. The van der Waals surface area contributed by atoms with Gasteiger partial charge in [-0.3, -0.25) is 4.79 Å².